The lowest BCUT2D eigenvalue weighted by Gasteiger charge is -2.20. The summed E-state index contributed by atoms with van der Waals surface area (Å²) in [4.78, 5) is 17.0. The molecule has 0 radical (unpaired) electrons. The maximum Gasteiger partial charge on any atom is 0.181 e. The quantitative estimate of drug-likeness (QED) is 0.227. The molecule has 8 heteroatoms. The number of allylic oxidation sites excluding steroid dienone is 1. The molecular weight excluding hydrogens is 472 g/mol. The van der Waals surface area contributed by atoms with E-state index in [2.05, 4.69) is 93.1 Å². The summed E-state index contributed by atoms with van der Waals surface area (Å²) in [5.74, 6) is 0. The zero-order valence-corrected chi connectivity index (χ0v) is 22.0. The third-order valence-electron chi connectivity index (χ3n) is 6.45. The van der Waals surface area contributed by atoms with E-state index < -0.39 is 0 Å². The van der Waals surface area contributed by atoms with Crippen molar-refractivity contribution in [3.8, 4) is 28.2 Å². The number of hydrogen-bond donors (Lipinski definition) is 3. The lowest BCUT2D eigenvalue weighted by molar-refractivity contribution is 0.411. The van der Waals surface area contributed by atoms with Crippen LogP contribution in [0, 0.1) is 12.3 Å². The second-order valence-corrected chi connectivity index (χ2v) is 11.0. The van der Waals surface area contributed by atoms with Crippen molar-refractivity contribution in [1.29, 1.82) is 0 Å². The van der Waals surface area contributed by atoms with Crippen LogP contribution in [0.2, 0.25) is 0 Å². The predicted molar refractivity (Wildman–Crippen MR) is 153 cm³/mol. The number of pyridine rings is 2. The topological polar surface area (TPSA) is 100 Å². The summed E-state index contributed by atoms with van der Waals surface area (Å²) in [5.41, 5.74) is 9.52. The molecule has 0 aliphatic heterocycles. The summed E-state index contributed by atoms with van der Waals surface area (Å²) < 4.78 is 2.05. The SMILES string of the molecule is C=C(CC(C)(C)C)Nc1cncc(-c2cnc3n[nH]c(-c4cc5c(-n6cnc(C)c6)cccc5[nH]4)c3c2)c1. The second-order valence-electron chi connectivity index (χ2n) is 11.0. The van der Waals surface area contributed by atoms with Gasteiger partial charge in [0, 0.05) is 51.7 Å². The van der Waals surface area contributed by atoms with E-state index in [-0.39, 0.29) is 5.41 Å². The van der Waals surface area contributed by atoms with Crippen LogP contribution in [-0.4, -0.2) is 34.7 Å². The first-order valence-corrected chi connectivity index (χ1v) is 12.6. The summed E-state index contributed by atoms with van der Waals surface area (Å²) in [6.45, 7) is 12.8. The largest absolute Gasteiger partial charge is 0.358 e. The zero-order valence-electron chi connectivity index (χ0n) is 22.0. The van der Waals surface area contributed by atoms with Crippen LogP contribution in [0.25, 0.3) is 50.1 Å². The van der Waals surface area contributed by atoms with Gasteiger partial charge < -0.3 is 14.9 Å². The van der Waals surface area contributed by atoms with Gasteiger partial charge in [-0.3, -0.25) is 10.1 Å². The van der Waals surface area contributed by atoms with Crippen molar-refractivity contribution in [2.45, 2.75) is 34.1 Å². The first kappa shape index (κ1) is 23.7. The number of imidazole rings is 1. The number of anilines is 1. The molecule has 0 unspecified atom stereocenters. The van der Waals surface area contributed by atoms with E-state index in [1.165, 1.54) is 0 Å². The minimum atomic E-state index is 0.156. The van der Waals surface area contributed by atoms with Gasteiger partial charge in [-0.05, 0) is 49.1 Å². The Morgan fingerprint density at radius 1 is 1.03 bits per heavy atom. The summed E-state index contributed by atoms with van der Waals surface area (Å²) in [6, 6.07) is 12.5. The Balaban J connectivity index is 1.36. The Kier molecular flexibility index (Phi) is 5.60. The molecule has 3 N–H and O–H groups in total. The van der Waals surface area contributed by atoms with E-state index in [0.717, 1.165) is 68.0 Å². The molecule has 0 aliphatic carbocycles. The van der Waals surface area contributed by atoms with E-state index in [1.807, 2.05) is 48.7 Å². The molecule has 190 valence electrons. The van der Waals surface area contributed by atoms with Crippen LogP contribution < -0.4 is 5.32 Å². The molecule has 38 heavy (non-hydrogen) atoms. The molecule has 0 saturated carbocycles. The predicted octanol–water partition coefficient (Wildman–Crippen LogP) is 7.02. The van der Waals surface area contributed by atoms with Crippen molar-refractivity contribution in [2.24, 2.45) is 5.41 Å². The van der Waals surface area contributed by atoms with Crippen molar-refractivity contribution >= 4 is 27.6 Å². The minimum Gasteiger partial charge on any atom is -0.358 e. The number of benzene rings is 1. The number of hydrogen-bond acceptors (Lipinski definition) is 5. The molecule has 6 aromatic rings. The molecule has 0 spiro atoms. The minimum absolute atomic E-state index is 0.156. The molecule has 0 bridgehead atoms. The van der Waals surface area contributed by atoms with Gasteiger partial charge in [0.05, 0.1) is 41.0 Å². The Morgan fingerprint density at radius 2 is 1.87 bits per heavy atom. The number of aromatic nitrogens is 7. The standard InChI is InChI=1S/C30H30N8/c1-18(12-30(3,4)5)34-22-9-20(13-31-15-22)21-10-24-28(36-37-29(24)32-14-21)26-11-23-25(35-26)7-6-8-27(23)38-16-19(2)33-17-38/h6-11,13-17,34-35H,1,12H2,2-5H3,(H,32,36,37). The lowest BCUT2D eigenvalue weighted by Crippen LogP contribution is -2.10. The van der Waals surface area contributed by atoms with Crippen LogP contribution in [0.15, 0.2) is 79.8 Å². The number of H-pyrrole nitrogens is 2. The van der Waals surface area contributed by atoms with E-state index in [4.69, 9.17) is 0 Å². The lowest BCUT2D eigenvalue weighted by atomic mass is 9.91. The average Bonchev–Trinajstić information content (AvgIpc) is 3.60. The van der Waals surface area contributed by atoms with Crippen molar-refractivity contribution in [3.05, 3.63) is 85.5 Å². The highest BCUT2D eigenvalue weighted by Gasteiger charge is 2.16. The van der Waals surface area contributed by atoms with Gasteiger partial charge in [-0.25, -0.2) is 9.97 Å². The smallest absolute Gasteiger partial charge is 0.181 e. The molecule has 0 fully saturated rings. The Bertz CT molecular complexity index is 1790. The summed E-state index contributed by atoms with van der Waals surface area (Å²) >= 11 is 0. The van der Waals surface area contributed by atoms with Crippen LogP contribution in [0.3, 0.4) is 0 Å². The number of fused-ring (bicyclic) bond motifs is 2. The maximum atomic E-state index is 4.63. The number of aryl methyl sites for hydroxylation is 1. The third kappa shape index (κ3) is 4.56. The van der Waals surface area contributed by atoms with Crippen LogP contribution in [0.1, 0.15) is 32.9 Å². The van der Waals surface area contributed by atoms with Gasteiger partial charge >= 0.3 is 0 Å². The van der Waals surface area contributed by atoms with E-state index in [9.17, 15) is 0 Å². The second kappa shape index (κ2) is 8.99. The first-order chi connectivity index (χ1) is 18.2. The fraction of sp³-hybridized carbons (Fsp3) is 0.200. The van der Waals surface area contributed by atoms with Crippen molar-refractivity contribution in [1.82, 2.24) is 34.7 Å². The monoisotopic (exact) mass is 502 g/mol. The Hall–Kier alpha value is -4.72. The van der Waals surface area contributed by atoms with E-state index >= 15 is 0 Å². The van der Waals surface area contributed by atoms with Crippen LogP contribution in [0.5, 0.6) is 0 Å². The molecule has 0 saturated heterocycles. The molecule has 6 rings (SSSR count). The van der Waals surface area contributed by atoms with Gasteiger partial charge in [0.1, 0.15) is 0 Å². The highest BCUT2D eigenvalue weighted by molar-refractivity contribution is 5.98. The van der Waals surface area contributed by atoms with Crippen LogP contribution >= 0.6 is 0 Å². The Morgan fingerprint density at radius 3 is 2.66 bits per heavy atom. The highest BCUT2D eigenvalue weighted by atomic mass is 15.2. The first-order valence-electron chi connectivity index (χ1n) is 12.6. The molecule has 5 heterocycles. The van der Waals surface area contributed by atoms with Gasteiger partial charge in [-0.2, -0.15) is 5.10 Å². The van der Waals surface area contributed by atoms with Gasteiger partial charge in [-0.1, -0.05) is 33.4 Å². The average molecular weight is 503 g/mol. The maximum absolute atomic E-state index is 4.63. The Labute approximate surface area is 220 Å². The van der Waals surface area contributed by atoms with Crippen LogP contribution in [0.4, 0.5) is 5.69 Å². The fourth-order valence-corrected chi connectivity index (χ4v) is 4.87. The van der Waals surface area contributed by atoms with E-state index in [1.54, 1.807) is 0 Å². The molecule has 1 aromatic carbocycles. The number of rotatable bonds is 6. The summed E-state index contributed by atoms with van der Waals surface area (Å²) in [5, 5.41) is 13.1. The third-order valence-corrected chi connectivity index (χ3v) is 6.45. The molecule has 0 amide bonds. The zero-order chi connectivity index (χ0) is 26.4. The van der Waals surface area contributed by atoms with Crippen molar-refractivity contribution < 1.29 is 0 Å². The van der Waals surface area contributed by atoms with Crippen LogP contribution in [-0.2, 0) is 0 Å². The van der Waals surface area contributed by atoms with Crippen molar-refractivity contribution in [3.63, 3.8) is 0 Å². The molecular formula is C30H30N8. The fourth-order valence-electron chi connectivity index (χ4n) is 4.87. The number of nitrogens with zero attached hydrogens (tertiary/aromatic N) is 5. The van der Waals surface area contributed by atoms with Gasteiger partial charge in [0.25, 0.3) is 0 Å². The molecule has 0 aliphatic rings. The highest BCUT2D eigenvalue weighted by Crippen LogP contribution is 2.33. The van der Waals surface area contributed by atoms with Crippen molar-refractivity contribution in [2.75, 3.05) is 5.32 Å². The normalized spacial score (nSPS) is 11.9. The van der Waals surface area contributed by atoms with Gasteiger partial charge in [0.15, 0.2) is 5.65 Å². The number of aromatic amines is 2. The number of nitrogens with one attached hydrogen (secondary N) is 3. The van der Waals surface area contributed by atoms with Gasteiger partial charge in [-0.15, -0.1) is 0 Å². The molecule has 0 atom stereocenters. The summed E-state index contributed by atoms with van der Waals surface area (Å²) in [7, 11) is 0. The van der Waals surface area contributed by atoms with E-state index in [0.29, 0.717) is 5.65 Å². The van der Waals surface area contributed by atoms with Gasteiger partial charge in [0.2, 0.25) is 0 Å². The molecule has 8 nitrogen and oxygen atoms in total. The molecule has 5 aromatic heterocycles. The summed E-state index contributed by atoms with van der Waals surface area (Å²) in [6.07, 6.45) is 10.2.